The van der Waals surface area contributed by atoms with Crippen LogP contribution in [-0.2, 0) is 22.5 Å². The van der Waals surface area contributed by atoms with Crippen molar-refractivity contribution in [2.45, 2.75) is 19.4 Å². The molecule has 1 heterocycles. The number of pyridine rings is 1. The minimum absolute atomic E-state index is 0.0592. The molecule has 0 aliphatic rings. The number of H-pyrrole nitrogens is 1. The van der Waals surface area contributed by atoms with Crippen LogP contribution in [0.4, 0.5) is 8.78 Å². The van der Waals surface area contributed by atoms with E-state index in [2.05, 4.69) is 9.72 Å². The zero-order valence-corrected chi connectivity index (χ0v) is 9.13. The third-order valence-electron chi connectivity index (χ3n) is 2.24. The lowest BCUT2D eigenvalue weighted by Gasteiger charge is -2.11. The number of nitrogens with two attached hydrogens (primary N) is 1. The van der Waals surface area contributed by atoms with Crippen molar-refractivity contribution in [3.8, 4) is 0 Å². The summed E-state index contributed by atoms with van der Waals surface area (Å²) in [5.74, 6) is -0.694. The molecular formula is C10H12F2N2O3. The number of hydrogen-bond donors (Lipinski definition) is 2. The number of aromatic amines is 1. The van der Waals surface area contributed by atoms with Crippen molar-refractivity contribution in [2.24, 2.45) is 5.73 Å². The Morgan fingerprint density at radius 2 is 2.24 bits per heavy atom. The van der Waals surface area contributed by atoms with Crippen molar-refractivity contribution < 1.29 is 18.3 Å². The molecule has 0 aliphatic carbocycles. The lowest BCUT2D eigenvalue weighted by Crippen LogP contribution is -2.19. The van der Waals surface area contributed by atoms with E-state index in [1.807, 2.05) is 0 Å². The molecule has 0 fully saturated rings. The Hall–Kier alpha value is -1.76. The fourth-order valence-corrected chi connectivity index (χ4v) is 1.49. The van der Waals surface area contributed by atoms with Gasteiger partial charge in [-0.1, -0.05) is 0 Å². The second kappa shape index (κ2) is 5.53. The van der Waals surface area contributed by atoms with Gasteiger partial charge in [0.2, 0.25) is 5.56 Å². The highest BCUT2D eigenvalue weighted by atomic mass is 19.3. The molecule has 0 radical (unpaired) electrons. The maximum Gasteiger partial charge on any atom is 0.309 e. The van der Waals surface area contributed by atoms with Crippen LogP contribution in [0.2, 0.25) is 0 Å². The number of halogens is 2. The van der Waals surface area contributed by atoms with Crippen LogP contribution in [0, 0.1) is 0 Å². The lowest BCUT2D eigenvalue weighted by molar-refractivity contribution is -0.139. The first-order valence-corrected chi connectivity index (χ1v) is 4.79. The standard InChI is InChI=1S/C10H12F2N2O3/c1-17-8(16)3-5-2-7(15)14-6(4-13)9(5)10(11)12/h2,10H,3-4,13H2,1H3,(H,14,15). The Kier molecular flexibility index (Phi) is 4.33. The van der Waals surface area contributed by atoms with Crippen molar-refractivity contribution in [1.29, 1.82) is 0 Å². The van der Waals surface area contributed by atoms with Crippen LogP contribution in [0.3, 0.4) is 0 Å². The van der Waals surface area contributed by atoms with E-state index >= 15 is 0 Å². The third-order valence-corrected chi connectivity index (χ3v) is 2.24. The van der Waals surface area contributed by atoms with Gasteiger partial charge in [-0.3, -0.25) is 9.59 Å². The number of methoxy groups -OCH3 is 1. The average Bonchev–Trinajstić information content (AvgIpc) is 2.27. The number of nitrogens with one attached hydrogen (secondary N) is 1. The van der Waals surface area contributed by atoms with Gasteiger partial charge >= 0.3 is 5.97 Å². The number of alkyl halides is 2. The molecule has 3 N–H and O–H groups in total. The molecule has 0 bridgehead atoms. The van der Waals surface area contributed by atoms with Gasteiger partial charge in [-0.25, -0.2) is 8.78 Å². The molecule has 1 aromatic heterocycles. The van der Waals surface area contributed by atoms with Gasteiger partial charge in [0.05, 0.1) is 13.5 Å². The Labute approximate surface area is 95.6 Å². The molecule has 0 aromatic carbocycles. The van der Waals surface area contributed by atoms with E-state index in [-0.39, 0.29) is 24.2 Å². The lowest BCUT2D eigenvalue weighted by atomic mass is 10.0. The summed E-state index contributed by atoms with van der Waals surface area (Å²) < 4.78 is 30.0. The van der Waals surface area contributed by atoms with Gasteiger partial charge in [0.15, 0.2) is 0 Å². The summed E-state index contributed by atoms with van der Waals surface area (Å²) in [7, 11) is 1.14. The molecule has 17 heavy (non-hydrogen) atoms. The van der Waals surface area contributed by atoms with Crippen LogP contribution in [0.25, 0.3) is 0 Å². The molecular weight excluding hydrogens is 234 g/mol. The second-order valence-corrected chi connectivity index (χ2v) is 3.31. The van der Waals surface area contributed by atoms with E-state index in [4.69, 9.17) is 5.73 Å². The first-order chi connectivity index (χ1) is 7.99. The highest BCUT2D eigenvalue weighted by Gasteiger charge is 2.20. The minimum Gasteiger partial charge on any atom is -0.469 e. The van der Waals surface area contributed by atoms with Crippen molar-refractivity contribution in [2.75, 3.05) is 7.11 Å². The highest BCUT2D eigenvalue weighted by Crippen LogP contribution is 2.25. The van der Waals surface area contributed by atoms with E-state index < -0.39 is 23.5 Å². The molecule has 94 valence electrons. The number of ether oxygens (including phenoxy) is 1. The number of esters is 1. The van der Waals surface area contributed by atoms with E-state index in [9.17, 15) is 18.4 Å². The van der Waals surface area contributed by atoms with Gasteiger partial charge in [-0.05, 0) is 5.56 Å². The first kappa shape index (κ1) is 13.3. The topological polar surface area (TPSA) is 85.2 Å². The predicted octanol–water partition coefficient (Wildman–Crippen LogP) is 0.487. The number of carbonyl (C=O) groups is 1. The number of rotatable bonds is 4. The molecule has 0 spiro atoms. The van der Waals surface area contributed by atoms with Crippen molar-refractivity contribution >= 4 is 5.97 Å². The molecule has 1 rings (SSSR count). The Bertz CT molecular complexity index is 471. The minimum atomic E-state index is -2.81. The Balaban J connectivity index is 3.30. The summed E-state index contributed by atoms with van der Waals surface area (Å²) in [6, 6.07) is 0.956. The summed E-state index contributed by atoms with van der Waals surface area (Å²) in [6.07, 6.45) is -3.20. The van der Waals surface area contributed by atoms with Gasteiger partial charge in [-0.15, -0.1) is 0 Å². The summed E-state index contributed by atoms with van der Waals surface area (Å²) in [6.45, 7) is -0.232. The highest BCUT2D eigenvalue weighted by molar-refractivity contribution is 5.73. The summed E-state index contributed by atoms with van der Waals surface area (Å²) in [5, 5.41) is 0. The van der Waals surface area contributed by atoms with Crippen LogP contribution < -0.4 is 11.3 Å². The van der Waals surface area contributed by atoms with Crippen LogP contribution in [-0.4, -0.2) is 18.1 Å². The average molecular weight is 246 g/mol. The van der Waals surface area contributed by atoms with Crippen molar-refractivity contribution in [1.82, 2.24) is 4.98 Å². The van der Waals surface area contributed by atoms with Crippen LogP contribution in [0.1, 0.15) is 23.2 Å². The second-order valence-electron chi connectivity index (χ2n) is 3.31. The van der Waals surface area contributed by atoms with Gasteiger partial charge in [0, 0.05) is 23.9 Å². The van der Waals surface area contributed by atoms with E-state index in [0.717, 1.165) is 13.2 Å². The summed E-state index contributed by atoms with van der Waals surface area (Å²) >= 11 is 0. The Morgan fingerprint density at radius 1 is 1.59 bits per heavy atom. The largest absolute Gasteiger partial charge is 0.469 e. The molecule has 1 aromatic rings. The Morgan fingerprint density at radius 3 is 2.71 bits per heavy atom. The SMILES string of the molecule is COC(=O)Cc1cc(=O)[nH]c(CN)c1C(F)F. The van der Waals surface area contributed by atoms with Crippen LogP contribution in [0.15, 0.2) is 10.9 Å². The van der Waals surface area contributed by atoms with Gasteiger partial charge in [0.1, 0.15) is 0 Å². The first-order valence-electron chi connectivity index (χ1n) is 4.79. The number of aromatic nitrogens is 1. The quantitative estimate of drug-likeness (QED) is 0.757. The van der Waals surface area contributed by atoms with E-state index in [1.54, 1.807) is 0 Å². The summed E-state index contributed by atoms with van der Waals surface area (Å²) in [5.41, 5.74) is 4.17. The monoisotopic (exact) mass is 246 g/mol. The number of carbonyl (C=O) groups excluding carboxylic acids is 1. The molecule has 0 saturated carbocycles. The zero-order valence-electron chi connectivity index (χ0n) is 9.13. The molecule has 5 nitrogen and oxygen atoms in total. The van der Waals surface area contributed by atoms with Crippen molar-refractivity contribution in [3.63, 3.8) is 0 Å². The third kappa shape index (κ3) is 3.10. The molecule has 0 saturated heterocycles. The van der Waals surface area contributed by atoms with E-state index in [1.165, 1.54) is 0 Å². The van der Waals surface area contributed by atoms with Gasteiger partial charge in [-0.2, -0.15) is 0 Å². The van der Waals surface area contributed by atoms with E-state index in [0.29, 0.717) is 0 Å². The van der Waals surface area contributed by atoms with Gasteiger partial charge < -0.3 is 15.5 Å². The van der Waals surface area contributed by atoms with Crippen LogP contribution in [0.5, 0.6) is 0 Å². The predicted molar refractivity (Wildman–Crippen MR) is 55.6 cm³/mol. The molecule has 0 atom stereocenters. The van der Waals surface area contributed by atoms with Crippen molar-refractivity contribution in [3.05, 3.63) is 33.2 Å². The maximum absolute atomic E-state index is 12.8. The van der Waals surface area contributed by atoms with Crippen LogP contribution >= 0.6 is 0 Å². The number of hydrogen-bond acceptors (Lipinski definition) is 4. The fraction of sp³-hybridized carbons (Fsp3) is 0.400. The molecule has 0 unspecified atom stereocenters. The zero-order chi connectivity index (χ0) is 13.0. The van der Waals surface area contributed by atoms with Gasteiger partial charge in [0.25, 0.3) is 6.43 Å². The molecule has 0 aliphatic heterocycles. The normalized spacial score (nSPS) is 10.6. The smallest absolute Gasteiger partial charge is 0.309 e. The molecule has 7 heteroatoms. The fourth-order valence-electron chi connectivity index (χ4n) is 1.49. The summed E-state index contributed by atoms with van der Waals surface area (Å²) in [4.78, 5) is 24.5. The maximum atomic E-state index is 12.8. The molecule has 0 amide bonds.